The van der Waals surface area contributed by atoms with Gasteiger partial charge in [0.25, 0.3) is 0 Å². The molecule has 0 amide bonds. The number of rotatable bonds is 5. The monoisotopic (exact) mass is 333 g/mol. The van der Waals surface area contributed by atoms with E-state index in [0.29, 0.717) is 13.1 Å². The zero-order valence-electron chi connectivity index (χ0n) is 14.2. The molecule has 2 heterocycles. The third-order valence-corrected chi connectivity index (χ3v) is 4.80. The van der Waals surface area contributed by atoms with Crippen LogP contribution in [0.2, 0.25) is 0 Å². The molecule has 1 aliphatic heterocycles. The van der Waals surface area contributed by atoms with Gasteiger partial charge in [-0.15, -0.1) is 0 Å². The molecule has 3 aromatic rings. The average molecular weight is 333 g/mol. The van der Waals surface area contributed by atoms with E-state index in [1.165, 1.54) is 11.1 Å². The highest BCUT2D eigenvalue weighted by atomic mass is 16.3. The predicted molar refractivity (Wildman–Crippen MR) is 102 cm³/mol. The fourth-order valence-corrected chi connectivity index (χ4v) is 3.46. The molecular weight excluding hydrogens is 310 g/mol. The largest absolute Gasteiger partial charge is 0.390 e. The first-order valence-electron chi connectivity index (χ1n) is 8.85. The zero-order chi connectivity index (χ0) is 17.1. The van der Waals surface area contributed by atoms with Crippen molar-refractivity contribution in [3.05, 3.63) is 71.8 Å². The second-order valence-corrected chi connectivity index (χ2v) is 6.68. The van der Waals surface area contributed by atoms with Gasteiger partial charge in [-0.1, -0.05) is 42.5 Å². The molecule has 128 valence electrons. The van der Waals surface area contributed by atoms with Crippen LogP contribution in [0.15, 0.2) is 60.7 Å². The third kappa shape index (κ3) is 3.81. The molecule has 0 bridgehead atoms. The first-order valence-corrected chi connectivity index (χ1v) is 8.85. The summed E-state index contributed by atoms with van der Waals surface area (Å²) in [5.74, 6) is 0.807. The molecule has 1 aromatic heterocycles. The minimum atomic E-state index is -0.418. The Morgan fingerprint density at radius 2 is 1.80 bits per heavy atom. The Morgan fingerprint density at radius 1 is 1.00 bits per heavy atom. The van der Waals surface area contributed by atoms with Crippen LogP contribution in [0.25, 0.3) is 10.9 Å². The van der Waals surface area contributed by atoms with Crippen LogP contribution in [0.1, 0.15) is 11.1 Å². The Balaban J connectivity index is 1.32. The van der Waals surface area contributed by atoms with E-state index in [1.54, 1.807) is 0 Å². The van der Waals surface area contributed by atoms with Gasteiger partial charge in [0.1, 0.15) is 5.82 Å². The lowest BCUT2D eigenvalue weighted by atomic mass is 10.00. The molecule has 1 unspecified atom stereocenters. The quantitative estimate of drug-likeness (QED) is 0.753. The second-order valence-electron chi connectivity index (χ2n) is 6.68. The fourth-order valence-electron chi connectivity index (χ4n) is 3.46. The van der Waals surface area contributed by atoms with Crippen LogP contribution in [0.5, 0.6) is 0 Å². The van der Waals surface area contributed by atoms with Crippen LogP contribution in [0.4, 0.5) is 5.82 Å². The molecule has 0 aliphatic carbocycles. The van der Waals surface area contributed by atoms with Gasteiger partial charge in [0, 0.05) is 31.6 Å². The number of nitrogens with zero attached hydrogens (tertiary/aromatic N) is 2. The molecular formula is C21H23N3O. The van der Waals surface area contributed by atoms with Gasteiger partial charge in [0.05, 0.1) is 11.6 Å². The van der Waals surface area contributed by atoms with E-state index in [-0.39, 0.29) is 0 Å². The maximum atomic E-state index is 10.4. The van der Waals surface area contributed by atoms with Gasteiger partial charge >= 0.3 is 0 Å². The number of anilines is 1. The lowest BCUT2D eigenvalue weighted by Crippen LogP contribution is -2.39. The molecule has 0 fully saturated rings. The number of aromatic nitrogens is 1. The van der Waals surface area contributed by atoms with Gasteiger partial charge in [-0.3, -0.25) is 4.90 Å². The number of benzene rings is 2. The minimum absolute atomic E-state index is 0.418. The summed E-state index contributed by atoms with van der Waals surface area (Å²) in [6.07, 6.45) is 0.640. The SMILES string of the molecule is OC(CNc1ccc2ccccc2n1)CN1CCc2ccccc2C1. The smallest absolute Gasteiger partial charge is 0.126 e. The van der Waals surface area contributed by atoms with Crippen molar-refractivity contribution in [2.24, 2.45) is 0 Å². The van der Waals surface area contributed by atoms with Gasteiger partial charge in [-0.2, -0.15) is 0 Å². The van der Waals surface area contributed by atoms with Gasteiger partial charge in [-0.25, -0.2) is 4.98 Å². The predicted octanol–water partition coefficient (Wildman–Crippen LogP) is 3.07. The molecule has 4 heteroatoms. The summed E-state index contributed by atoms with van der Waals surface area (Å²) in [5.41, 5.74) is 3.78. The lowest BCUT2D eigenvalue weighted by molar-refractivity contribution is 0.114. The van der Waals surface area contributed by atoms with E-state index in [1.807, 2.05) is 24.3 Å². The van der Waals surface area contributed by atoms with Crippen LogP contribution in [-0.4, -0.2) is 40.7 Å². The van der Waals surface area contributed by atoms with Crippen molar-refractivity contribution < 1.29 is 5.11 Å². The number of hydrogen-bond donors (Lipinski definition) is 2. The molecule has 2 N–H and O–H groups in total. The number of aliphatic hydroxyl groups is 1. The summed E-state index contributed by atoms with van der Waals surface area (Å²) in [5, 5.41) is 14.8. The summed E-state index contributed by atoms with van der Waals surface area (Å²) in [7, 11) is 0. The van der Waals surface area contributed by atoms with Crippen molar-refractivity contribution in [3.8, 4) is 0 Å². The summed E-state index contributed by atoms with van der Waals surface area (Å²) in [6, 6.07) is 20.7. The average Bonchev–Trinajstić information content (AvgIpc) is 2.66. The molecule has 4 rings (SSSR count). The third-order valence-electron chi connectivity index (χ3n) is 4.80. The zero-order valence-corrected chi connectivity index (χ0v) is 14.2. The van der Waals surface area contributed by atoms with E-state index < -0.39 is 6.10 Å². The van der Waals surface area contributed by atoms with Crippen molar-refractivity contribution in [1.82, 2.24) is 9.88 Å². The molecule has 0 radical (unpaired) electrons. The number of β-amino-alcohol motifs (C(OH)–C–C–N with tert-alkyl or cyclic N) is 1. The topological polar surface area (TPSA) is 48.4 Å². The van der Waals surface area contributed by atoms with Crippen LogP contribution >= 0.6 is 0 Å². The number of fused-ring (bicyclic) bond motifs is 2. The summed E-state index contributed by atoms with van der Waals surface area (Å²) in [6.45, 7) is 3.10. The molecule has 25 heavy (non-hydrogen) atoms. The molecule has 0 saturated heterocycles. The Hall–Kier alpha value is -2.43. The van der Waals surface area contributed by atoms with Crippen molar-refractivity contribution >= 4 is 16.7 Å². The van der Waals surface area contributed by atoms with E-state index in [2.05, 4.69) is 51.6 Å². The van der Waals surface area contributed by atoms with Crippen molar-refractivity contribution in [1.29, 1.82) is 0 Å². The number of aliphatic hydroxyl groups excluding tert-OH is 1. The summed E-state index contributed by atoms with van der Waals surface area (Å²) in [4.78, 5) is 6.91. The lowest BCUT2D eigenvalue weighted by Gasteiger charge is -2.30. The van der Waals surface area contributed by atoms with Crippen molar-refractivity contribution in [3.63, 3.8) is 0 Å². The molecule has 2 aromatic carbocycles. The first kappa shape index (κ1) is 16.1. The fraction of sp³-hybridized carbons (Fsp3) is 0.286. The molecule has 1 atom stereocenters. The van der Waals surface area contributed by atoms with E-state index >= 15 is 0 Å². The van der Waals surface area contributed by atoms with Crippen molar-refractivity contribution in [2.45, 2.75) is 19.1 Å². The minimum Gasteiger partial charge on any atom is -0.390 e. The highest BCUT2D eigenvalue weighted by molar-refractivity contribution is 5.80. The summed E-state index contributed by atoms with van der Waals surface area (Å²) >= 11 is 0. The van der Waals surface area contributed by atoms with Gasteiger partial charge in [0.2, 0.25) is 0 Å². The number of hydrogen-bond acceptors (Lipinski definition) is 4. The van der Waals surface area contributed by atoms with Crippen LogP contribution < -0.4 is 5.32 Å². The Kier molecular flexibility index (Phi) is 4.63. The maximum absolute atomic E-state index is 10.4. The molecule has 4 nitrogen and oxygen atoms in total. The standard InChI is InChI=1S/C21H23N3O/c25-19(15-24-12-11-16-5-1-2-7-18(16)14-24)13-22-21-10-9-17-6-3-4-8-20(17)23-21/h1-10,19,25H,11-15H2,(H,22,23). The first-order chi connectivity index (χ1) is 12.3. The maximum Gasteiger partial charge on any atom is 0.126 e. The van der Waals surface area contributed by atoms with Gasteiger partial charge in [-0.05, 0) is 35.7 Å². The summed E-state index contributed by atoms with van der Waals surface area (Å²) < 4.78 is 0. The molecule has 0 saturated carbocycles. The Labute approximate surface area is 148 Å². The Morgan fingerprint density at radius 3 is 2.72 bits per heavy atom. The van der Waals surface area contributed by atoms with Gasteiger partial charge in [0.15, 0.2) is 0 Å². The Bertz CT molecular complexity index is 864. The second kappa shape index (κ2) is 7.21. The number of para-hydroxylation sites is 1. The molecule has 0 spiro atoms. The number of pyridine rings is 1. The number of nitrogens with one attached hydrogen (secondary N) is 1. The van der Waals surface area contributed by atoms with Gasteiger partial charge < -0.3 is 10.4 Å². The van der Waals surface area contributed by atoms with Crippen molar-refractivity contribution in [2.75, 3.05) is 25.0 Å². The molecule has 1 aliphatic rings. The van der Waals surface area contributed by atoms with Crippen LogP contribution in [0, 0.1) is 0 Å². The normalized spacial score (nSPS) is 15.7. The highest BCUT2D eigenvalue weighted by Crippen LogP contribution is 2.19. The highest BCUT2D eigenvalue weighted by Gasteiger charge is 2.18. The van der Waals surface area contributed by atoms with Crippen LogP contribution in [-0.2, 0) is 13.0 Å². The van der Waals surface area contributed by atoms with E-state index in [9.17, 15) is 5.11 Å². The van der Waals surface area contributed by atoms with E-state index in [0.717, 1.165) is 36.2 Å². The van der Waals surface area contributed by atoms with E-state index in [4.69, 9.17) is 0 Å². The van der Waals surface area contributed by atoms with Crippen LogP contribution in [0.3, 0.4) is 0 Å².